The normalized spacial score (nSPS) is 16.7. The molecule has 1 fully saturated rings. The molecule has 0 radical (unpaired) electrons. The fourth-order valence-electron chi connectivity index (χ4n) is 3.66. The van der Waals surface area contributed by atoms with Crippen LogP contribution in [0.4, 0.5) is 10.9 Å². The number of carbonyl (C=O) groups is 1. The van der Waals surface area contributed by atoms with Gasteiger partial charge in [-0.1, -0.05) is 30.3 Å². The average molecular weight is 420 g/mol. The van der Waals surface area contributed by atoms with E-state index in [-0.39, 0.29) is 5.91 Å². The lowest BCUT2D eigenvalue weighted by molar-refractivity contribution is -0.127. The highest BCUT2D eigenvalue weighted by molar-refractivity contribution is 7.15. The number of amides is 1. The first-order valence-electron chi connectivity index (χ1n) is 10.2. The second kappa shape index (κ2) is 9.63. The van der Waals surface area contributed by atoms with Gasteiger partial charge in [0.25, 0.3) is 0 Å². The molecule has 0 spiro atoms. The molecule has 4 rings (SSSR count). The minimum atomic E-state index is 0.0766. The van der Waals surface area contributed by atoms with E-state index in [2.05, 4.69) is 20.3 Å². The van der Waals surface area contributed by atoms with Crippen molar-refractivity contribution in [2.24, 2.45) is 5.92 Å². The monoisotopic (exact) mass is 419 g/mol. The second-order valence-corrected chi connectivity index (χ2v) is 8.77. The van der Waals surface area contributed by atoms with Crippen molar-refractivity contribution in [3.8, 4) is 0 Å². The number of rotatable bonds is 6. The first-order valence-corrected chi connectivity index (χ1v) is 11.0. The lowest BCUT2D eigenvalue weighted by atomic mass is 9.93. The van der Waals surface area contributed by atoms with Crippen LogP contribution in [-0.4, -0.2) is 38.8 Å². The molecule has 2 aromatic heterocycles. The van der Waals surface area contributed by atoms with E-state index < -0.39 is 0 Å². The van der Waals surface area contributed by atoms with Gasteiger partial charge in [0, 0.05) is 42.0 Å². The predicted molar refractivity (Wildman–Crippen MR) is 121 cm³/mol. The van der Waals surface area contributed by atoms with Crippen molar-refractivity contribution in [1.29, 1.82) is 0 Å². The Labute approximate surface area is 180 Å². The largest absolute Gasteiger partial charge is 0.339 e. The molecule has 7 heteroatoms. The molecule has 1 aliphatic heterocycles. The Morgan fingerprint density at radius 3 is 2.93 bits per heavy atom. The summed E-state index contributed by atoms with van der Waals surface area (Å²) in [6.45, 7) is 3.60. The van der Waals surface area contributed by atoms with Gasteiger partial charge in [-0.05, 0) is 43.7 Å². The third-order valence-corrected chi connectivity index (χ3v) is 5.95. The zero-order chi connectivity index (χ0) is 20.8. The molecule has 154 valence electrons. The van der Waals surface area contributed by atoms with Gasteiger partial charge in [-0.2, -0.15) is 0 Å². The Hall–Kier alpha value is -3.06. The molecule has 1 N–H and O–H groups in total. The molecule has 6 nitrogen and oxygen atoms in total. The topological polar surface area (TPSA) is 71.0 Å². The zero-order valence-corrected chi connectivity index (χ0v) is 17.8. The van der Waals surface area contributed by atoms with Gasteiger partial charge >= 0.3 is 0 Å². The molecule has 1 saturated heterocycles. The Morgan fingerprint density at radius 1 is 1.27 bits per heavy atom. The number of thiazole rings is 1. The van der Waals surface area contributed by atoms with Gasteiger partial charge in [-0.25, -0.2) is 15.0 Å². The van der Waals surface area contributed by atoms with E-state index in [1.807, 2.05) is 60.5 Å². The van der Waals surface area contributed by atoms with E-state index in [9.17, 15) is 4.79 Å². The maximum Gasteiger partial charge on any atom is 0.246 e. The van der Waals surface area contributed by atoms with E-state index in [0.29, 0.717) is 5.92 Å². The van der Waals surface area contributed by atoms with Crippen molar-refractivity contribution in [3.63, 3.8) is 0 Å². The summed E-state index contributed by atoms with van der Waals surface area (Å²) >= 11 is 1.60. The van der Waals surface area contributed by atoms with Crippen molar-refractivity contribution < 1.29 is 4.79 Å². The number of anilines is 2. The highest BCUT2D eigenvalue weighted by atomic mass is 32.1. The summed E-state index contributed by atoms with van der Waals surface area (Å²) in [5.41, 5.74) is 2.02. The number of benzene rings is 1. The van der Waals surface area contributed by atoms with Crippen molar-refractivity contribution in [1.82, 2.24) is 19.9 Å². The molecule has 1 aliphatic rings. The smallest absolute Gasteiger partial charge is 0.246 e. The molecule has 3 aromatic rings. The lowest BCUT2D eigenvalue weighted by Gasteiger charge is -2.32. The van der Waals surface area contributed by atoms with E-state index in [1.165, 1.54) is 0 Å². The fourth-order valence-corrected chi connectivity index (χ4v) is 4.34. The standard InChI is InChI=1S/C23H25N5OS/c1-17-14-24-23(30-17)27-21-13-20(25-16-26-21)12-19-8-5-11-28(15-19)22(29)10-9-18-6-3-2-4-7-18/h2-4,6-7,9-10,13-14,16,19H,5,8,11-12,15H2,1H3,(H,24,25,26,27)/b10-9+/t19-/m0/s1. The summed E-state index contributed by atoms with van der Waals surface area (Å²) in [6, 6.07) is 11.9. The molecule has 30 heavy (non-hydrogen) atoms. The van der Waals surface area contributed by atoms with Crippen molar-refractivity contribution in [2.75, 3.05) is 18.4 Å². The van der Waals surface area contributed by atoms with Crippen LogP contribution in [0.2, 0.25) is 0 Å². The van der Waals surface area contributed by atoms with Crippen LogP contribution in [0.15, 0.2) is 55.0 Å². The van der Waals surface area contributed by atoms with Crippen LogP contribution in [0.25, 0.3) is 6.08 Å². The van der Waals surface area contributed by atoms with Gasteiger partial charge in [0.05, 0.1) is 0 Å². The number of piperidine rings is 1. The molecule has 1 aromatic carbocycles. The second-order valence-electron chi connectivity index (χ2n) is 7.54. The van der Waals surface area contributed by atoms with E-state index in [0.717, 1.165) is 59.4 Å². The van der Waals surface area contributed by atoms with Crippen LogP contribution in [-0.2, 0) is 11.2 Å². The first kappa shape index (κ1) is 20.2. The molecule has 0 bridgehead atoms. The van der Waals surface area contributed by atoms with E-state index >= 15 is 0 Å². The zero-order valence-electron chi connectivity index (χ0n) is 17.0. The quantitative estimate of drug-likeness (QED) is 0.597. The van der Waals surface area contributed by atoms with Crippen molar-refractivity contribution >= 4 is 34.3 Å². The number of nitrogens with one attached hydrogen (secondary N) is 1. The average Bonchev–Trinajstić information content (AvgIpc) is 3.17. The maximum atomic E-state index is 12.6. The summed E-state index contributed by atoms with van der Waals surface area (Å²) in [5, 5.41) is 4.07. The molecule has 0 aliphatic carbocycles. The minimum absolute atomic E-state index is 0.0766. The maximum absolute atomic E-state index is 12.6. The van der Waals surface area contributed by atoms with Crippen LogP contribution in [0.3, 0.4) is 0 Å². The number of hydrogen-bond acceptors (Lipinski definition) is 6. The van der Waals surface area contributed by atoms with Gasteiger partial charge in [-0.15, -0.1) is 11.3 Å². The Morgan fingerprint density at radius 2 is 2.13 bits per heavy atom. The minimum Gasteiger partial charge on any atom is -0.339 e. The van der Waals surface area contributed by atoms with Gasteiger partial charge in [0.1, 0.15) is 12.1 Å². The van der Waals surface area contributed by atoms with Crippen LogP contribution < -0.4 is 5.32 Å². The van der Waals surface area contributed by atoms with E-state index in [1.54, 1.807) is 23.7 Å². The van der Waals surface area contributed by atoms with Gasteiger partial charge in [0.15, 0.2) is 5.13 Å². The molecular weight excluding hydrogens is 394 g/mol. The molecule has 0 unspecified atom stereocenters. The van der Waals surface area contributed by atoms with Crippen LogP contribution in [0.1, 0.15) is 29.0 Å². The number of nitrogens with zero attached hydrogens (tertiary/aromatic N) is 4. The summed E-state index contributed by atoms with van der Waals surface area (Å²) in [5.74, 6) is 1.23. The van der Waals surface area contributed by atoms with Gasteiger partial charge in [-0.3, -0.25) is 4.79 Å². The van der Waals surface area contributed by atoms with Crippen molar-refractivity contribution in [2.45, 2.75) is 26.2 Å². The lowest BCUT2D eigenvalue weighted by Crippen LogP contribution is -2.39. The number of carbonyl (C=O) groups excluding carboxylic acids is 1. The number of hydrogen-bond donors (Lipinski definition) is 1. The summed E-state index contributed by atoms with van der Waals surface area (Å²) in [7, 11) is 0. The van der Waals surface area contributed by atoms with Crippen LogP contribution >= 0.6 is 11.3 Å². The molecule has 1 amide bonds. The third kappa shape index (κ3) is 5.51. The first-order chi connectivity index (χ1) is 14.7. The highest BCUT2D eigenvalue weighted by Crippen LogP contribution is 2.23. The number of aryl methyl sites for hydroxylation is 1. The summed E-state index contributed by atoms with van der Waals surface area (Å²) < 4.78 is 0. The summed E-state index contributed by atoms with van der Waals surface area (Å²) in [4.78, 5) is 28.8. The van der Waals surface area contributed by atoms with Gasteiger partial charge < -0.3 is 10.2 Å². The molecule has 1 atom stereocenters. The van der Waals surface area contributed by atoms with Crippen LogP contribution in [0.5, 0.6) is 0 Å². The van der Waals surface area contributed by atoms with E-state index in [4.69, 9.17) is 0 Å². The Kier molecular flexibility index (Phi) is 6.49. The third-order valence-electron chi connectivity index (χ3n) is 5.13. The molecule has 0 saturated carbocycles. The highest BCUT2D eigenvalue weighted by Gasteiger charge is 2.23. The Bertz CT molecular complexity index is 1020. The SMILES string of the molecule is Cc1cnc(Nc2cc(C[C@@H]3CCCN(C(=O)/C=C/c4ccccc4)C3)ncn2)s1. The van der Waals surface area contributed by atoms with Crippen LogP contribution in [0, 0.1) is 12.8 Å². The summed E-state index contributed by atoms with van der Waals surface area (Å²) in [6.07, 6.45) is 9.95. The van der Waals surface area contributed by atoms with Crippen molar-refractivity contribution in [3.05, 3.63) is 71.1 Å². The molecule has 3 heterocycles. The van der Waals surface area contributed by atoms with Gasteiger partial charge in [0.2, 0.25) is 5.91 Å². The fraction of sp³-hybridized carbons (Fsp3) is 0.304. The number of likely N-dealkylation sites (tertiary alicyclic amines) is 1. The molecular formula is C23H25N5OS. The number of aromatic nitrogens is 3. The predicted octanol–water partition coefficient (Wildman–Crippen LogP) is 4.48. The Balaban J connectivity index is 1.35.